The third-order valence-corrected chi connectivity index (χ3v) is 3.84. The first-order valence-electron chi connectivity index (χ1n) is 7.12. The maximum absolute atomic E-state index is 12.0. The van der Waals surface area contributed by atoms with Crippen LogP contribution >= 0.6 is 0 Å². The largest absolute Gasteiger partial charge is 0.481 e. The molecule has 1 amide bonds. The Morgan fingerprint density at radius 1 is 1.35 bits per heavy atom. The van der Waals surface area contributed by atoms with Crippen LogP contribution in [0.1, 0.15) is 36.8 Å². The lowest BCUT2D eigenvalue weighted by Gasteiger charge is -2.27. The lowest BCUT2D eigenvalue weighted by atomic mass is 9.85. The van der Waals surface area contributed by atoms with Crippen LogP contribution in [-0.4, -0.2) is 23.0 Å². The van der Waals surface area contributed by atoms with Crippen molar-refractivity contribution in [2.24, 2.45) is 5.92 Å². The fourth-order valence-electron chi connectivity index (χ4n) is 2.83. The standard InChI is InChI=1S/C16H21NO3/c1-11-4-2-5-12(8-11)9-15(18)17-14-7-3-6-13(10-14)16(19)20/h2,4-5,8,13-14H,3,6-7,9-10H2,1H3,(H,17,18)(H,19,20). The number of hydrogen-bond donors (Lipinski definition) is 2. The highest BCUT2D eigenvalue weighted by atomic mass is 16.4. The van der Waals surface area contributed by atoms with Gasteiger partial charge in [-0.25, -0.2) is 0 Å². The zero-order valence-corrected chi connectivity index (χ0v) is 11.8. The SMILES string of the molecule is Cc1cccc(CC(=O)NC2CCCC(C(=O)O)C2)c1. The molecule has 20 heavy (non-hydrogen) atoms. The van der Waals surface area contributed by atoms with Gasteiger partial charge in [0.25, 0.3) is 0 Å². The van der Waals surface area contributed by atoms with Crippen molar-refractivity contribution in [1.29, 1.82) is 0 Å². The van der Waals surface area contributed by atoms with Crippen LogP contribution in [0.2, 0.25) is 0 Å². The number of aliphatic carboxylic acids is 1. The molecule has 0 bridgehead atoms. The van der Waals surface area contributed by atoms with E-state index in [1.54, 1.807) is 0 Å². The normalized spacial score (nSPS) is 22.2. The minimum atomic E-state index is -0.748. The van der Waals surface area contributed by atoms with Gasteiger partial charge in [-0.15, -0.1) is 0 Å². The molecule has 2 unspecified atom stereocenters. The van der Waals surface area contributed by atoms with E-state index in [1.165, 1.54) is 0 Å². The van der Waals surface area contributed by atoms with Crippen molar-refractivity contribution >= 4 is 11.9 Å². The number of hydrogen-bond acceptors (Lipinski definition) is 2. The molecular formula is C16H21NO3. The van der Waals surface area contributed by atoms with E-state index in [0.717, 1.165) is 30.4 Å². The Kier molecular flexibility index (Phi) is 4.77. The number of nitrogens with one attached hydrogen (secondary N) is 1. The first kappa shape index (κ1) is 14.6. The topological polar surface area (TPSA) is 66.4 Å². The van der Waals surface area contributed by atoms with E-state index in [0.29, 0.717) is 12.8 Å². The number of amides is 1. The summed E-state index contributed by atoms with van der Waals surface area (Å²) in [6.07, 6.45) is 3.38. The quantitative estimate of drug-likeness (QED) is 0.886. The molecule has 108 valence electrons. The molecule has 1 aliphatic carbocycles. The molecule has 1 aliphatic rings. The van der Waals surface area contributed by atoms with Gasteiger partial charge in [0.15, 0.2) is 0 Å². The van der Waals surface area contributed by atoms with Crippen LogP contribution in [0.4, 0.5) is 0 Å². The van der Waals surface area contributed by atoms with Gasteiger partial charge in [0, 0.05) is 6.04 Å². The highest BCUT2D eigenvalue weighted by Gasteiger charge is 2.27. The summed E-state index contributed by atoms with van der Waals surface area (Å²) in [4.78, 5) is 23.0. The zero-order valence-electron chi connectivity index (χ0n) is 11.8. The zero-order chi connectivity index (χ0) is 14.5. The molecular weight excluding hydrogens is 254 g/mol. The number of aryl methyl sites for hydroxylation is 1. The van der Waals surface area contributed by atoms with E-state index >= 15 is 0 Å². The van der Waals surface area contributed by atoms with Crippen LogP contribution in [0.3, 0.4) is 0 Å². The smallest absolute Gasteiger partial charge is 0.306 e. The number of rotatable bonds is 4. The summed E-state index contributed by atoms with van der Waals surface area (Å²) >= 11 is 0. The van der Waals surface area contributed by atoms with Crippen LogP contribution in [0.15, 0.2) is 24.3 Å². The molecule has 1 aromatic carbocycles. The van der Waals surface area contributed by atoms with Crippen LogP contribution in [0.25, 0.3) is 0 Å². The lowest BCUT2D eigenvalue weighted by molar-refractivity contribution is -0.143. The van der Waals surface area contributed by atoms with Crippen molar-refractivity contribution < 1.29 is 14.7 Å². The number of carbonyl (C=O) groups is 2. The molecule has 4 nitrogen and oxygen atoms in total. The Morgan fingerprint density at radius 2 is 2.15 bits per heavy atom. The highest BCUT2D eigenvalue weighted by molar-refractivity contribution is 5.79. The molecule has 2 atom stereocenters. The Morgan fingerprint density at radius 3 is 2.85 bits per heavy atom. The minimum Gasteiger partial charge on any atom is -0.481 e. The third kappa shape index (κ3) is 4.08. The predicted octanol–water partition coefficient (Wildman–Crippen LogP) is 2.30. The second-order valence-electron chi connectivity index (χ2n) is 5.63. The van der Waals surface area contributed by atoms with Gasteiger partial charge in [-0.1, -0.05) is 36.2 Å². The van der Waals surface area contributed by atoms with E-state index in [-0.39, 0.29) is 17.9 Å². The van der Waals surface area contributed by atoms with E-state index in [2.05, 4.69) is 5.32 Å². The van der Waals surface area contributed by atoms with Gasteiger partial charge in [-0.3, -0.25) is 9.59 Å². The Balaban J connectivity index is 1.86. The molecule has 0 aliphatic heterocycles. The average Bonchev–Trinajstić information content (AvgIpc) is 2.38. The van der Waals surface area contributed by atoms with Crippen LogP contribution < -0.4 is 5.32 Å². The molecule has 0 saturated heterocycles. The Bertz CT molecular complexity index is 498. The molecule has 0 spiro atoms. The van der Waals surface area contributed by atoms with Crippen LogP contribution in [-0.2, 0) is 16.0 Å². The summed E-state index contributed by atoms with van der Waals surface area (Å²) in [7, 11) is 0. The summed E-state index contributed by atoms with van der Waals surface area (Å²) in [5, 5.41) is 12.0. The van der Waals surface area contributed by atoms with Crippen molar-refractivity contribution in [1.82, 2.24) is 5.32 Å². The highest BCUT2D eigenvalue weighted by Crippen LogP contribution is 2.24. The van der Waals surface area contributed by atoms with Gasteiger partial charge in [0.05, 0.1) is 12.3 Å². The maximum Gasteiger partial charge on any atom is 0.306 e. The molecule has 2 rings (SSSR count). The van der Waals surface area contributed by atoms with Crippen molar-refractivity contribution in [2.75, 3.05) is 0 Å². The van der Waals surface area contributed by atoms with Crippen molar-refractivity contribution in [3.8, 4) is 0 Å². The molecule has 0 radical (unpaired) electrons. The molecule has 1 fully saturated rings. The first-order chi connectivity index (χ1) is 9.54. The number of carbonyl (C=O) groups excluding carboxylic acids is 1. The van der Waals surface area contributed by atoms with Gasteiger partial charge in [0.1, 0.15) is 0 Å². The van der Waals surface area contributed by atoms with Gasteiger partial charge >= 0.3 is 5.97 Å². The van der Waals surface area contributed by atoms with Crippen molar-refractivity contribution in [3.05, 3.63) is 35.4 Å². The van der Waals surface area contributed by atoms with E-state index in [1.807, 2.05) is 31.2 Å². The van der Waals surface area contributed by atoms with Crippen LogP contribution in [0.5, 0.6) is 0 Å². The lowest BCUT2D eigenvalue weighted by Crippen LogP contribution is -2.40. The predicted molar refractivity (Wildman–Crippen MR) is 76.4 cm³/mol. The summed E-state index contributed by atoms with van der Waals surface area (Å²) in [6, 6.07) is 7.88. The summed E-state index contributed by atoms with van der Waals surface area (Å²) in [5.41, 5.74) is 2.13. The van der Waals surface area contributed by atoms with E-state index in [9.17, 15) is 9.59 Å². The number of benzene rings is 1. The molecule has 0 heterocycles. The fraction of sp³-hybridized carbons (Fsp3) is 0.500. The molecule has 2 N–H and O–H groups in total. The molecule has 1 saturated carbocycles. The maximum atomic E-state index is 12.0. The fourth-order valence-corrected chi connectivity index (χ4v) is 2.83. The minimum absolute atomic E-state index is 0.00200. The van der Waals surface area contributed by atoms with Gasteiger partial charge < -0.3 is 10.4 Å². The Hall–Kier alpha value is -1.84. The summed E-state index contributed by atoms with van der Waals surface area (Å²) in [5.74, 6) is -1.08. The summed E-state index contributed by atoms with van der Waals surface area (Å²) in [6.45, 7) is 2.00. The Labute approximate surface area is 119 Å². The van der Waals surface area contributed by atoms with Gasteiger partial charge in [0.2, 0.25) is 5.91 Å². The van der Waals surface area contributed by atoms with Crippen LogP contribution in [0, 0.1) is 12.8 Å². The van der Waals surface area contributed by atoms with Gasteiger partial charge in [-0.2, -0.15) is 0 Å². The van der Waals surface area contributed by atoms with E-state index in [4.69, 9.17) is 5.11 Å². The molecule has 4 heteroatoms. The third-order valence-electron chi connectivity index (χ3n) is 3.84. The van der Waals surface area contributed by atoms with Gasteiger partial charge in [-0.05, 0) is 31.7 Å². The van der Waals surface area contributed by atoms with E-state index < -0.39 is 5.97 Å². The number of carboxylic acids is 1. The average molecular weight is 275 g/mol. The number of carboxylic acid groups (broad SMARTS) is 1. The van der Waals surface area contributed by atoms with Crippen molar-refractivity contribution in [3.63, 3.8) is 0 Å². The summed E-state index contributed by atoms with van der Waals surface area (Å²) < 4.78 is 0. The van der Waals surface area contributed by atoms with Crippen molar-refractivity contribution in [2.45, 2.75) is 45.1 Å². The second kappa shape index (κ2) is 6.55. The second-order valence-corrected chi connectivity index (χ2v) is 5.63. The molecule has 0 aromatic heterocycles. The monoisotopic (exact) mass is 275 g/mol. The molecule has 1 aromatic rings. The first-order valence-corrected chi connectivity index (χ1v) is 7.12.